The molecule has 31 heavy (non-hydrogen) atoms. The average molecular weight is 418 g/mol. The molecule has 0 atom stereocenters. The van der Waals surface area contributed by atoms with Crippen molar-refractivity contribution in [3.05, 3.63) is 66.2 Å². The van der Waals surface area contributed by atoms with E-state index in [1.54, 1.807) is 11.9 Å². The molecule has 0 bridgehead atoms. The van der Waals surface area contributed by atoms with Crippen LogP contribution in [-0.2, 0) is 11.2 Å². The Morgan fingerprint density at radius 1 is 1.03 bits per heavy atom. The van der Waals surface area contributed by atoms with Gasteiger partial charge in [-0.25, -0.2) is 0 Å². The number of amides is 1. The second kappa shape index (κ2) is 11.3. The van der Waals surface area contributed by atoms with Crippen LogP contribution in [0.15, 0.2) is 55.1 Å². The fourth-order valence-electron chi connectivity index (χ4n) is 5.03. The largest absolute Gasteiger partial charge is 0.312 e. The van der Waals surface area contributed by atoms with Gasteiger partial charge in [0, 0.05) is 12.7 Å². The van der Waals surface area contributed by atoms with E-state index in [2.05, 4.69) is 56.8 Å². The Balaban J connectivity index is 1.67. The average Bonchev–Trinajstić information content (AvgIpc) is 2.83. The zero-order valence-corrected chi connectivity index (χ0v) is 19.7. The summed E-state index contributed by atoms with van der Waals surface area (Å²) in [4.78, 5) is 13.6. The summed E-state index contributed by atoms with van der Waals surface area (Å²) >= 11 is 0. The smallest absolute Gasteiger partial charge is 0.250 e. The molecule has 3 rings (SSSR count). The minimum absolute atomic E-state index is 0.0840. The number of hydrogen-bond acceptors (Lipinski definition) is 1. The van der Waals surface area contributed by atoms with Crippen LogP contribution >= 0.6 is 0 Å². The number of benzene rings is 2. The van der Waals surface area contributed by atoms with Crippen LogP contribution in [-0.4, -0.2) is 13.0 Å². The topological polar surface area (TPSA) is 20.3 Å². The molecule has 2 aromatic carbocycles. The Hall–Kier alpha value is -2.35. The zero-order chi connectivity index (χ0) is 22.2. The van der Waals surface area contributed by atoms with E-state index in [-0.39, 0.29) is 5.91 Å². The lowest BCUT2D eigenvalue weighted by molar-refractivity contribution is -0.113. The van der Waals surface area contributed by atoms with Gasteiger partial charge in [-0.15, -0.1) is 0 Å². The van der Waals surface area contributed by atoms with Gasteiger partial charge in [-0.2, -0.15) is 0 Å². The molecule has 166 valence electrons. The molecule has 0 N–H and O–H groups in total. The summed E-state index contributed by atoms with van der Waals surface area (Å²) in [6, 6.07) is 15.6. The van der Waals surface area contributed by atoms with E-state index in [1.165, 1.54) is 79.7 Å². The van der Waals surface area contributed by atoms with Crippen LogP contribution in [0.1, 0.15) is 82.3 Å². The lowest BCUT2D eigenvalue weighted by atomic mass is 9.77. The van der Waals surface area contributed by atoms with Gasteiger partial charge < -0.3 is 4.90 Å². The van der Waals surface area contributed by atoms with E-state index in [9.17, 15) is 4.79 Å². The number of aryl methyl sites for hydroxylation is 1. The maximum absolute atomic E-state index is 11.9. The fourth-order valence-corrected chi connectivity index (χ4v) is 5.03. The predicted molar refractivity (Wildman–Crippen MR) is 134 cm³/mol. The van der Waals surface area contributed by atoms with E-state index in [4.69, 9.17) is 0 Å². The van der Waals surface area contributed by atoms with Gasteiger partial charge in [-0.05, 0) is 84.4 Å². The Morgan fingerprint density at radius 2 is 1.74 bits per heavy atom. The summed E-state index contributed by atoms with van der Waals surface area (Å²) in [6.45, 7) is 8.06. The third kappa shape index (κ3) is 5.87. The molecule has 2 aromatic rings. The van der Waals surface area contributed by atoms with Crippen molar-refractivity contribution in [1.82, 2.24) is 0 Å². The molecule has 1 fully saturated rings. The second-order valence-electron chi connectivity index (χ2n) is 9.13. The number of anilines is 1. The van der Waals surface area contributed by atoms with Gasteiger partial charge in [0.15, 0.2) is 0 Å². The number of carbonyl (C=O) groups is 1. The lowest BCUT2D eigenvalue weighted by Crippen LogP contribution is -2.23. The number of carbonyl (C=O) groups excluding carboxylic acids is 1. The minimum Gasteiger partial charge on any atom is -0.312 e. The standard InChI is InChI=1S/C29H39NO/c1-5-8-9-10-22-11-13-24(14-12-22)25-15-17-26(18-16-25)28-20-19-27(21-23(28)6-2)30(4)29(31)7-3/h7,15-22,24H,3,5-6,8-14H2,1-2,4H3. The highest BCUT2D eigenvalue weighted by atomic mass is 16.2. The van der Waals surface area contributed by atoms with Gasteiger partial charge >= 0.3 is 0 Å². The first-order valence-electron chi connectivity index (χ1n) is 12.2. The van der Waals surface area contributed by atoms with Crippen molar-refractivity contribution in [2.24, 2.45) is 5.92 Å². The van der Waals surface area contributed by atoms with Crippen LogP contribution in [0.4, 0.5) is 5.69 Å². The molecule has 1 aliphatic carbocycles. The maximum atomic E-state index is 11.9. The third-order valence-corrected chi connectivity index (χ3v) is 7.12. The lowest BCUT2D eigenvalue weighted by Gasteiger charge is -2.29. The highest BCUT2D eigenvalue weighted by Crippen LogP contribution is 2.38. The van der Waals surface area contributed by atoms with Crippen molar-refractivity contribution in [2.75, 3.05) is 11.9 Å². The van der Waals surface area contributed by atoms with Crippen molar-refractivity contribution in [2.45, 2.75) is 77.6 Å². The number of rotatable bonds is 9. The van der Waals surface area contributed by atoms with Crippen molar-refractivity contribution in [3.63, 3.8) is 0 Å². The number of likely N-dealkylation sites (N-methyl/N-ethyl adjacent to an activating group) is 1. The van der Waals surface area contributed by atoms with E-state index < -0.39 is 0 Å². The molecule has 0 aliphatic heterocycles. The van der Waals surface area contributed by atoms with Gasteiger partial charge in [0.1, 0.15) is 0 Å². The summed E-state index contributed by atoms with van der Waals surface area (Å²) in [7, 11) is 1.80. The number of nitrogens with zero attached hydrogens (tertiary/aromatic N) is 1. The Kier molecular flexibility index (Phi) is 8.51. The highest BCUT2D eigenvalue weighted by Gasteiger charge is 2.22. The quantitative estimate of drug-likeness (QED) is 0.300. The van der Waals surface area contributed by atoms with E-state index in [1.807, 2.05) is 6.07 Å². The van der Waals surface area contributed by atoms with E-state index in [0.717, 1.165) is 23.9 Å². The minimum atomic E-state index is -0.0840. The molecule has 2 nitrogen and oxygen atoms in total. The molecule has 0 unspecified atom stereocenters. The molecule has 2 heteroatoms. The van der Waals surface area contributed by atoms with Crippen molar-refractivity contribution >= 4 is 11.6 Å². The molecular formula is C29H39NO. The van der Waals surface area contributed by atoms with Crippen LogP contribution in [0.5, 0.6) is 0 Å². The second-order valence-corrected chi connectivity index (χ2v) is 9.13. The molecule has 1 saturated carbocycles. The fraction of sp³-hybridized carbons (Fsp3) is 0.483. The SMILES string of the molecule is C=CC(=O)N(C)c1ccc(-c2ccc(C3CCC(CCCCC)CC3)cc2)c(CC)c1. The molecule has 0 heterocycles. The normalized spacial score (nSPS) is 18.5. The highest BCUT2D eigenvalue weighted by molar-refractivity contribution is 6.00. The molecule has 1 amide bonds. The van der Waals surface area contributed by atoms with Crippen LogP contribution < -0.4 is 4.90 Å². The van der Waals surface area contributed by atoms with Gasteiger partial charge in [0.05, 0.1) is 0 Å². The number of hydrogen-bond donors (Lipinski definition) is 0. The van der Waals surface area contributed by atoms with Crippen LogP contribution in [0, 0.1) is 5.92 Å². The van der Waals surface area contributed by atoms with Gasteiger partial charge in [-0.3, -0.25) is 4.79 Å². The van der Waals surface area contributed by atoms with Crippen LogP contribution in [0.3, 0.4) is 0 Å². The Labute approximate surface area is 189 Å². The molecule has 0 aromatic heterocycles. The number of unbranched alkanes of at least 4 members (excludes halogenated alkanes) is 2. The van der Waals surface area contributed by atoms with Gasteiger partial charge in [0.2, 0.25) is 5.91 Å². The molecule has 0 radical (unpaired) electrons. The first-order valence-corrected chi connectivity index (χ1v) is 12.2. The molecule has 0 saturated heterocycles. The van der Waals surface area contributed by atoms with Crippen LogP contribution in [0.2, 0.25) is 0 Å². The Morgan fingerprint density at radius 3 is 2.35 bits per heavy atom. The summed E-state index contributed by atoms with van der Waals surface area (Å²) < 4.78 is 0. The zero-order valence-electron chi connectivity index (χ0n) is 19.7. The van der Waals surface area contributed by atoms with Crippen molar-refractivity contribution in [1.29, 1.82) is 0 Å². The van der Waals surface area contributed by atoms with Gasteiger partial charge in [-0.1, -0.05) is 76.4 Å². The first-order chi connectivity index (χ1) is 15.1. The van der Waals surface area contributed by atoms with Crippen molar-refractivity contribution in [3.8, 4) is 11.1 Å². The van der Waals surface area contributed by atoms with Crippen molar-refractivity contribution < 1.29 is 4.79 Å². The first kappa shape index (κ1) is 23.3. The molecule has 0 spiro atoms. The Bertz CT molecular complexity index is 859. The van der Waals surface area contributed by atoms with E-state index >= 15 is 0 Å². The van der Waals surface area contributed by atoms with E-state index in [0.29, 0.717) is 0 Å². The summed E-state index contributed by atoms with van der Waals surface area (Å²) in [5, 5.41) is 0. The molecule has 1 aliphatic rings. The van der Waals surface area contributed by atoms with Crippen LogP contribution in [0.25, 0.3) is 11.1 Å². The van der Waals surface area contributed by atoms with Gasteiger partial charge in [0.25, 0.3) is 0 Å². The monoisotopic (exact) mass is 417 g/mol. The summed E-state index contributed by atoms with van der Waals surface area (Å²) in [5.41, 5.74) is 6.20. The molecular weight excluding hydrogens is 378 g/mol. The third-order valence-electron chi connectivity index (χ3n) is 7.12. The summed E-state index contributed by atoms with van der Waals surface area (Å²) in [6.07, 6.45) is 13.3. The maximum Gasteiger partial charge on any atom is 0.250 e. The summed E-state index contributed by atoms with van der Waals surface area (Å²) in [5.74, 6) is 1.60. The predicted octanol–water partition coefficient (Wildman–Crippen LogP) is 7.92.